The summed E-state index contributed by atoms with van der Waals surface area (Å²) in [6, 6.07) is 0. The first-order valence-corrected chi connectivity index (χ1v) is 3.33. The quantitative estimate of drug-likeness (QED) is 0.450. The van der Waals surface area contributed by atoms with Crippen LogP contribution in [0.15, 0.2) is 12.3 Å². The molecule has 0 aliphatic heterocycles. The van der Waals surface area contributed by atoms with Crippen molar-refractivity contribution >= 4 is 12.3 Å². The van der Waals surface area contributed by atoms with Crippen molar-refractivity contribution in [3.63, 3.8) is 0 Å². The summed E-state index contributed by atoms with van der Waals surface area (Å²) in [5.74, 6) is -0.402. The first-order valence-electron chi connectivity index (χ1n) is 3.33. The highest BCUT2D eigenvalue weighted by molar-refractivity contribution is 5.94. The Morgan fingerprint density at radius 3 is 2.73 bits per heavy atom. The highest BCUT2D eigenvalue weighted by atomic mass is 16.2. The SMILES string of the molecule is CCN(C)/C=C\C(=O)NC=O. The molecule has 4 nitrogen and oxygen atoms in total. The van der Waals surface area contributed by atoms with Crippen molar-refractivity contribution in [2.45, 2.75) is 6.92 Å². The fourth-order valence-corrected chi connectivity index (χ4v) is 0.407. The van der Waals surface area contributed by atoms with E-state index in [1.165, 1.54) is 6.08 Å². The molecule has 0 saturated heterocycles. The van der Waals surface area contributed by atoms with Crippen LogP contribution in [0.1, 0.15) is 6.92 Å². The Labute approximate surface area is 65.9 Å². The number of carbonyl (C=O) groups is 2. The van der Waals surface area contributed by atoms with Crippen molar-refractivity contribution in [3.8, 4) is 0 Å². The molecule has 1 N–H and O–H groups in total. The van der Waals surface area contributed by atoms with Gasteiger partial charge in [0.15, 0.2) is 0 Å². The topological polar surface area (TPSA) is 49.4 Å². The lowest BCUT2D eigenvalue weighted by atomic mass is 10.5. The van der Waals surface area contributed by atoms with Crippen LogP contribution in [0.4, 0.5) is 0 Å². The predicted molar refractivity (Wildman–Crippen MR) is 41.7 cm³/mol. The number of nitrogens with zero attached hydrogens (tertiary/aromatic N) is 1. The van der Waals surface area contributed by atoms with Crippen LogP contribution in [0, 0.1) is 0 Å². The van der Waals surface area contributed by atoms with Crippen molar-refractivity contribution in [1.29, 1.82) is 0 Å². The van der Waals surface area contributed by atoms with Crippen LogP contribution in [0.3, 0.4) is 0 Å². The normalized spacial score (nSPS) is 9.64. The summed E-state index contributed by atoms with van der Waals surface area (Å²) in [6.45, 7) is 2.78. The maximum atomic E-state index is 10.6. The Kier molecular flexibility index (Phi) is 4.81. The second-order valence-electron chi connectivity index (χ2n) is 2.02. The molecule has 0 aromatic rings. The lowest BCUT2D eigenvalue weighted by Gasteiger charge is -2.07. The Morgan fingerprint density at radius 2 is 2.27 bits per heavy atom. The number of carbonyl (C=O) groups excluding carboxylic acids is 2. The van der Waals surface area contributed by atoms with Gasteiger partial charge in [-0.3, -0.25) is 14.9 Å². The second kappa shape index (κ2) is 5.46. The summed E-state index contributed by atoms with van der Waals surface area (Å²) in [5, 5.41) is 1.99. The van der Waals surface area contributed by atoms with E-state index in [2.05, 4.69) is 0 Å². The van der Waals surface area contributed by atoms with Crippen LogP contribution < -0.4 is 5.32 Å². The summed E-state index contributed by atoms with van der Waals surface area (Å²) in [5.41, 5.74) is 0. The zero-order valence-corrected chi connectivity index (χ0v) is 6.70. The number of nitrogens with one attached hydrogen (secondary N) is 1. The van der Waals surface area contributed by atoms with E-state index in [-0.39, 0.29) is 0 Å². The molecule has 0 radical (unpaired) electrons. The third-order valence-corrected chi connectivity index (χ3v) is 1.18. The standard InChI is InChI=1S/C7H12N2O2/c1-3-9(2)5-4-7(11)8-6-10/h4-6H,3H2,1-2H3,(H,8,10,11)/b5-4-. The summed E-state index contributed by atoms with van der Waals surface area (Å²) < 4.78 is 0. The Balaban J connectivity index is 3.72. The van der Waals surface area contributed by atoms with Crippen LogP contribution in [0.2, 0.25) is 0 Å². The molecule has 4 heteroatoms. The molecule has 62 valence electrons. The molecular formula is C7H12N2O2. The fraction of sp³-hybridized carbons (Fsp3) is 0.429. The van der Waals surface area contributed by atoms with E-state index < -0.39 is 5.91 Å². The van der Waals surface area contributed by atoms with Gasteiger partial charge in [0.1, 0.15) is 0 Å². The molecule has 0 aromatic carbocycles. The zero-order chi connectivity index (χ0) is 8.69. The van der Waals surface area contributed by atoms with E-state index in [9.17, 15) is 9.59 Å². The third-order valence-electron chi connectivity index (χ3n) is 1.18. The van der Waals surface area contributed by atoms with Crippen molar-refractivity contribution < 1.29 is 9.59 Å². The molecule has 0 unspecified atom stereocenters. The fourth-order valence-electron chi connectivity index (χ4n) is 0.407. The van der Waals surface area contributed by atoms with Gasteiger partial charge < -0.3 is 4.90 Å². The van der Waals surface area contributed by atoms with Gasteiger partial charge in [0.25, 0.3) is 5.91 Å². The molecule has 0 atom stereocenters. The largest absolute Gasteiger partial charge is 0.381 e. The highest BCUT2D eigenvalue weighted by Crippen LogP contribution is 1.81. The maximum absolute atomic E-state index is 10.6. The number of imide groups is 1. The van der Waals surface area contributed by atoms with Gasteiger partial charge in [-0.15, -0.1) is 0 Å². The molecule has 0 bridgehead atoms. The summed E-state index contributed by atoms with van der Waals surface area (Å²) in [4.78, 5) is 22.2. The van der Waals surface area contributed by atoms with E-state index in [1.807, 2.05) is 24.2 Å². The average Bonchev–Trinajstić information content (AvgIpc) is 2.01. The molecule has 11 heavy (non-hydrogen) atoms. The first-order chi connectivity index (χ1) is 5.20. The minimum atomic E-state index is -0.402. The first kappa shape index (κ1) is 9.68. The van der Waals surface area contributed by atoms with Crippen LogP contribution in [0.25, 0.3) is 0 Å². The molecule has 0 rings (SSSR count). The van der Waals surface area contributed by atoms with Gasteiger partial charge in [-0.05, 0) is 6.92 Å². The molecule has 0 aromatic heterocycles. The van der Waals surface area contributed by atoms with E-state index in [4.69, 9.17) is 0 Å². The smallest absolute Gasteiger partial charge is 0.251 e. The molecule has 0 aliphatic carbocycles. The van der Waals surface area contributed by atoms with E-state index in [0.717, 1.165) is 6.54 Å². The van der Waals surface area contributed by atoms with Crippen molar-refractivity contribution in [2.24, 2.45) is 0 Å². The molecule has 0 fully saturated rings. The minimum absolute atomic E-state index is 0.360. The number of hydrogen-bond acceptors (Lipinski definition) is 3. The number of amides is 2. The van der Waals surface area contributed by atoms with Crippen molar-refractivity contribution in [1.82, 2.24) is 10.2 Å². The van der Waals surface area contributed by atoms with Crippen LogP contribution in [-0.4, -0.2) is 30.8 Å². The van der Waals surface area contributed by atoms with Gasteiger partial charge in [-0.1, -0.05) is 0 Å². The summed E-state index contributed by atoms with van der Waals surface area (Å²) >= 11 is 0. The molecule has 0 spiro atoms. The van der Waals surface area contributed by atoms with Gasteiger partial charge in [-0.25, -0.2) is 0 Å². The monoisotopic (exact) mass is 156 g/mol. The molecular weight excluding hydrogens is 144 g/mol. The van der Waals surface area contributed by atoms with Gasteiger partial charge in [-0.2, -0.15) is 0 Å². The zero-order valence-electron chi connectivity index (χ0n) is 6.70. The lowest BCUT2D eigenvalue weighted by Crippen LogP contribution is -2.19. The molecule has 0 aliphatic rings. The van der Waals surface area contributed by atoms with Crippen LogP contribution in [0.5, 0.6) is 0 Å². The van der Waals surface area contributed by atoms with Gasteiger partial charge >= 0.3 is 0 Å². The third kappa shape index (κ3) is 5.14. The van der Waals surface area contributed by atoms with Gasteiger partial charge in [0, 0.05) is 25.9 Å². The number of rotatable bonds is 4. The maximum Gasteiger partial charge on any atom is 0.251 e. The Hall–Kier alpha value is -1.32. The Bertz CT molecular complexity index is 166. The lowest BCUT2D eigenvalue weighted by molar-refractivity contribution is -0.121. The van der Waals surface area contributed by atoms with Gasteiger partial charge in [0.05, 0.1) is 0 Å². The molecule has 0 heterocycles. The average molecular weight is 156 g/mol. The van der Waals surface area contributed by atoms with Gasteiger partial charge in [0.2, 0.25) is 6.41 Å². The molecule has 0 saturated carbocycles. The van der Waals surface area contributed by atoms with Crippen molar-refractivity contribution in [2.75, 3.05) is 13.6 Å². The molecule has 2 amide bonds. The van der Waals surface area contributed by atoms with E-state index in [1.54, 1.807) is 6.20 Å². The number of hydrogen-bond donors (Lipinski definition) is 1. The van der Waals surface area contributed by atoms with Crippen molar-refractivity contribution in [3.05, 3.63) is 12.3 Å². The predicted octanol–water partition coefficient (Wildman–Crippen LogP) is -0.276. The van der Waals surface area contributed by atoms with E-state index >= 15 is 0 Å². The summed E-state index contributed by atoms with van der Waals surface area (Å²) in [6.07, 6.45) is 3.27. The van der Waals surface area contributed by atoms with Crippen LogP contribution >= 0.6 is 0 Å². The van der Waals surface area contributed by atoms with E-state index in [0.29, 0.717) is 6.41 Å². The Morgan fingerprint density at radius 1 is 1.64 bits per heavy atom. The summed E-state index contributed by atoms with van der Waals surface area (Å²) in [7, 11) is 1.84. The van der Waals surface area contributed by atoms with Crippen LogP contribution in [-0.2, 0) is 9.59 Å². The minimum Gasteiger partial charge on any atom is -0.381 e. The second-order valence-corrected chi connectivity index (χ2v) is 2.02. The highest BCUT2D eigenvalue weighted by Gasteiger charge is 1.90.